The number of hydrogen-bond acceptors (Lipinski definition) is 5. The number of ether oxygens (including phenoxy) is 1. The van der Waals surface area contributed by atoms with E-state index in [1.807, 2.05) is 49.4 Å². The molecule has 1 aliphatic rings. The van der Waals surface area contributed by atoms with Gasteiger partial charge in [0.15, 0.2) is 0 Å². The molecule has 0 saturated carbocycles. The Hall–Kier alpha value is -4.00. The average Bonchev–Trinajstić information content (AvgIpc) is 3.50. The Morgan fingerprint density at radius 2 is 2.00 bits per heavy atom. The van der Waals surface area contributed by atoms with Crippen LogP contribution in [0.3, 0.4) is 0 Å². The summed E-state index contributed by atoms with van der Waals surface area (Å²) in [6, 6.07) is 16.2. The first-order valence-corrected chi connectivity index (χ1v) is 9.92. The van der Waals surface area contributed by atoms with Crippen molar-refractivity contribution in [2.75, 3.05) is 7.11 Å². The Morgan fingerprint density at radius 3 is 2.71 bits per heavy atom. The molecule has 0 aliphatic carbocycles. The number of furan rings is 1. The van der Waals surface area contributed by atoms with Crippen LogP contribution in [0.15, 0.2) is 65.3 Å². The second-order valence-corrected chi connectivity index (χ2v) is 7.57. The van der Waals surface area contributed by atoms with Gasteiger partial charge in [0.25, 0.3) is 5.91 Å². The Bertz CT molecular complexity index is 1240. The molecule has 5 rings (SSSR count). The van der Waals surface area contributed by atoms with Crippen LogP contribution in [0.5, 0.6) is 11.5 Å². The van der Waals surface area contributed by atoms with E-state index >= 15 is 0 Å². The van der Waals surface area contributed by atoms with Gasteiger partial charge in [0.2, 0.25) is 0 Å². The summed E-state index contributed by atoms with van der Waals surface area (Å²) in [5.41, 5.74) is 4.21. The van der Waals surface area contributed by atoms with Crippen LogP contribution in [-0.2, 0) is 6.54 Å². The van der Waals surface area contributed by atoms with Crippen molar-refractivity contribution in [3.63, 3.8) is 0 Å². The van der Waals surface area contributed by atoms with Crippen molar-refractivity contribution in [2.45, 2.75) is 19.5 Å². The van der Waals surface area contributed by atoms with E-state index in [-0.39, 0.29) is 11.7 Å². The summed E-state index contributed by atoms with van der Waals surface area (Å²) >= 11 is 0. The topological polar surface area (TPSA) is 91.6 Å². The summed E-state index contributed by atoms with van der Waals surface area (Å²) in [5.74, 6) is 1.36. The lowest BCUT2D eigenvalue weighted by Gasteiger charge is -2.25. The third kappa shape index (κ3) is 3.15. The minimum absolute atomic E-state index is 0.116. The molecule has 0 spiro atoms. The van der Waals surface area contributed by atoms with E-state index in [9.17, 15) is 9.90 Å². The van der Waals surface area contributed by atoms with Crippen LogP contribution in [0.25, 0.3) is 11.3 Å². The Kier molecular flexibility index (Phi) is 4.51. The maximum absolute atomic E-state index is 13.4. The van der Waals surface area contributed by atoms with Gasteiger partial charge in [-0.15, -0.1) is 0 Å². The van der Waals surface area contributed by atoms with E-state index in [1.165, 1.54) is 0 Å². The maximum Gasteiger partial charge on any atom is 0.273 e. The van der Waals surface area contributed by atoms with E-state index in [0.717, 1.165) is 22.4 Å². The van der Waals surface area contributed by atoms with Crippen LogP contribution in [0, 0.1) is 6.92 Å². The zero-order chi connectivity index (χ0) is 21.5. The SMILES string of the molecule is COc1ccc([C@@H]2c3c(-c4cc(C)ccc4O)n[nH]c3C(=O)N2Cc2ccco2)cc1. The number of rotatable bonds is 5. The van der Waals surface area contributed by atoms with Crippen LogP contribution in [-0.4, -0.2) is 33.2 Å². The lowest BCUT2D eigenvalue weighted by atomic mass is 9.95. The van der Waals surface area contributed by atoms with Gasteiger partial charge < -0.3 is 19.2 Å². The van der Waals surface area contributed by atoms with Crippen molar-refractivity contribution in [2.24, 2.45) is 0 Å². The van der Waals surface area contributed by atoms with Gasteiger partial charge in [0.1, 0.15) is 28.6 Å². The molecule has 3 heterocycles. The summed E-state index contributed by atoms with van der Waals surface area (Å²) in [7, 11) is 1.62. The molecular formula is C24H21N3O4. The van der Waals surface area contributed by atoms with Gasteiger partial charge in [0, 0.05) is 11.1 Å². The van der Waals surface area contributed by atoms with Gasteiger partial charge in [0.05, 0.1) is 26.0 Å². The molecule has 7 heteroatoms. The standard InChI is InChI=1S/C24H21N3O4/c1-14-5-10-19(28)18(12-14)21-20-22(26-25-21)24(29)27(13-17-4-3-11-31-17)23(20)15-6-8-16(30-2)9-7-15/h3-12,23,28H,13H2,1-2H3,(H,25,26)/t23-/m1/s1. The summed E-state index contributed by atoms with van der Waals surface area (Å²) < 4.78 is 10.8. The first kappa shape index (κ1) is 19.0. The van der Waals surface area contributed by atoms with Crippen molar-refractivity contribution in [3.05, 3.63) is 89.0 Å². The minimum atomic E-state index is -0.396. The molecule has 1 atom stereocenters. The fourth-order valence-electron chi connectivity index (χ4n) is 4.11. The maximum atomic E-state index is 13.4. The van der Waals surface area contributed by atoms with Gasteiger partial charge in [-0.2, -0.15) is 5.10 Å². The molecule has 1 amide bonds. The fourth-order valence-corrected chi connectivity index (χ4v) is 4.11. The first-order valence-electron chi connectivity index (χ1n) is 9.92. The van der Waals surface area contributed by atoms with Crippen LogP contribution >= 0.6 is 0 Å². The van der Waals surface area contributed by atoms with E-state index in [1.54, 1.807) is 30.4 Å². The number of benzene rings is 2. The van der Waals surface area contributed by atoms with Gasteiger partial charge in [-0.3, -0.25) is 9.89 Å². The molecule has 0 bridgehead atoms. The molecular weight excluding hydrogens is 394 g/mol. The number of phenolic OH excluding ortho intramolecular Hbond substituents is 1. The number of carbonyl (C=O) groups is 1. The lowest BCUT2D eigenvalue weighted by molar-refractivity contribution is 0.0717. The molecule has 2 aromatic heterocycles. The van der Waals surface area contributed by atoms with E-state index in [2.05, 4.69) is 10.2 Å². The van der Waals surface area contributed by atoms with E-state index < -0.39 is 6.04 Å². The highest BCUT2D eigenvalue weighted by Gasteiger charge is 2.42. The zero-order valence-electron chi connectivity index (χ0n) is 17.1. The zero-order valence-corrected chi connectivity index (χ0v) is 17.1. The number of aromatic nitrogens is 2. The van der Waals surface area contributed by atoms with Crippen LogP contribution < -0.4 is 4.74 Å². The van der Waals surface area contributed by atoms with Crippen molar-refractivity contribution in [1.29, 1.82) is 0 Å². The molecule has 0 unspecified atom stereocenters. The number of carbonyl (C=O) groups excluding carboxylic acids is 1. The Balaban J connectivity index is 1.67. The largest absolute Gasteiger partial charge is 0.507 e. The van der Waals surface area contributed by atoms with Crippen LogP contribution in [0.2, 0.25) is 0 Å². The molecule has 31 heavy (non-hydrogen) atoms. The highest BCUT2D eigenvalue weighted by Crippen LogP contribution is 2.45. The first-order chi connectivity index (χ1) is 15.1. The molecule has 0 fully saturated rings. The minimum Gasteiger partial charge on any atom is -0.507 e. The molecule has 7 nitrogen and oxygen atoms in total. The predicted octanol–water partition coefficient (Wildman–Crippen LogP) is 4.44. The summed E-state index contributed by atoms with van der Waals surface area (Å²) in [4.78, 5) is 15.1. The third-order valence-electron chi connectivity index (χ3n) is 5.61. The van der Waals surface area contributed by atoms with Gasteiger partial charge in [-0.05, 0) is 48.9 Å². The van der Waals surface area contributed by atoms with Crippen molar-refractivity contribution in [3.8, 4) is 22.8 Å². The number of phenols is 1. The van der Waals surface area contributed by atoms with Gasteiger partial charge >= 0.3 is 0 Å². The summed E-state index contributed by atoms with van der Waals surface area (Å²) in [5, 5.41) is 17.8. The smallest absolute Gasteiger partial charge is 0.273 e. The number of fused-ring (bicyclic) bond motifs is 1. The number of aromatic hydroxyl groups is 1. The quantitative estimate of drug-likeness (QED) is 0.503. The molecule has 1 aliphatic heterocycles. The van der Waals surface area contributed by atoms with Gasteiger partial charge in [-0.25, -0.2) is 0 Å². The number of methoxy groups -OCH3 is 1. The van der Waals surface area contributed by atoms with Crippen molar-refractivity contribution in [1.82, 2.24) is 15.1 Å². The molecule has 0 radical (unpaired) electrons. The van der Waals surface area contributed by atoms with Crippen LogP contribution in [0.1, 0.15) is 39.0 Å². The lowest BCUT2D eigenvalue weighted by Crippen LogP contribution is -2.28. The molecule has 2 aromatic carbocycles. The van der Waals surface area contributed by atoms with Crippen LogP contribution in [0.4, 0.5) is 0 Å². The molecule has 156 valence electrons. The predicted molar refractivity (Wildman–Crippen MR) is 114 cm³/mol. The normalized spacial score (nSPS) is 15.4. The highest BCUT2D eigenvalue weighted by molar-refractivity contribution is 6.00. The highest BCUT2D eigenvalue weighted by atomic mass is 16.5. The molecule has 0 saturated heterocycles. The number of nitrogens with zero attached hydrogens (tertiary/aromatic N) is 2. The second kappa shape index (κ2) is 7.36. The third-order valence-corrected chi connectivity index (χ3v) is 5.61. The van der Waals surface area contributed by atoms with Crippen molar-refractivity contribution >= 4 is 5.91 Å². The molecule has 2 N–H and O–H groups in total. The van der Waals surface area contributed by atoms with Crippen molar-refractivity contribution < 1.29 is 19.1 Å². The van der Waals surface area contributed by atoms with E-state index in [0.29, 0.717) is 29.3 Å². The fraction of sp³-hybridized carbons (Fsp3) is 0.167. The Labute approximate surface area is 178 Å². The number of aryl methyl sites for hydroxylation is 1. The van der Waals surface area contributed by atoms with Gasteiger partial charge in [-0.1, -0.05) is 23.8 Å². The summed E-state index contributed by atoms with van der Waals surface area (Å²) in [6.07, 6.45) is 1.59. The monoisotopic (exact) mass is 415 g/mol. The number of H-pyrrole nitrogens is 1. The second-order valence-electron chi connectivity index (χ2n) is 7.57. The number of aromatic amines is 1. The number of hydrogen-bond donors (Lipinski definition) is 2. The van der Waals surface area contributed by atoms with E-state index in [4.69, 9.17) is 9.15 Å². The average molecular weight is 415 g/mol. The Morgan fingerprint density at radius 1 is 1.19 bits per heavy atom. The number of amides is 1. The number of nitrogens with one attached hydrogen (secondary N) is 1. The molecule has 4 aromatic rings. The summed E-state index contributed by atoms with van der Waals surface area (Å²) in [6.45, 7) is 2.26.